The topological polar surface area (TPSA) is 81.1 Å². The number of aromatic nitrogens is 1. The van der Waals surface area contributed by atoms with Crippen molar-refractivity contribution < 1.29 is 19.2 Å². The van der Waals surface area contributed by atoms with Crippen LogP contribution in [0.3, 0.4) is 0 Å². The zero-order valence-electron chi connectivity index (χ0n) is 24.4. The Hall–Kier alpha value is -5.21. The van der Waals surface area contributed by atoms with Crippen molar-refractivity contribution in [2.45, 2.75) is 17.2 Å². The Morgan fingerprint density at radius 2 is 1.31 bits per heavy atom. The van der Waals surface area contributed by atoms with Gasteiger partial charge in [-0.2, -0.15) is 0 Å². The smallest absolute Gasteiger partial charge is 0.290 e. The van der Waals surface area contributed by atoms with Gasteiger partial charge in [0.15, 0.2) is 6.61 Å². The third-order valence-electron chi connectivity index (χ3n) is 7.57. The summed E-state index contributed by atoms with van der Waals surface area (Å²) in [7, 11) is 0. The number of nitrogens with zero attached hydrogens (tertiary/aromatic N) is 3. The molecule has 1 aliphatic heterocycles. The van der Waals surface area contributed by atoms with Crippen LogP contribution in [0.1, 0.15) is 27.9 Å². The highest BCUT2D eigenvalue weighted by molar-refractivity contribution is 8.15. The fourth-order valence-electron chi connectivity index (χ4n) is 5.54. The minimum absolute atomic E-state index is 0.217. The highest BCUT2D eigenvalue weighted by Gasteiger charge is 2.53. The summed E-state index contributed by atoms with van der Waals surface area (Å²) in [6.07, 6.45) is 3.65. The van der Waals surface area contributed by atoms with Crippen LogP contribution < -0.4 is 4.74 Å². The molecule has 1 atom stereocenters. The first-order valence-corrected chi connectivity index (χ1v) is 15.5. The molecule has 0 bridgehead atoms. The van der Waals surface area contributed by atoms with E-state index in [-0.39, 0.29) is 17.8 Å². The molecule has 45 heavy (non-hydrogen) atoms. The second-order valence-electron chi connectivity index (χ2n) is 10.4. The van der Waals surface area contributed by atoms with Crippen LogP contribution in [-0.2, 0) is 21.6 Å². The second kappa shape index (κ2) is 14.1. The lowest BCUT2D eigenvalue weighted by molar-refractivity contribution is -0.129. The third kappa shape index (κ3) is 6.51. The maximum Gasteiger partial charge on any atom is 0.290 e. The average Bonchev–Trinajstić information content (AvgIpc) is 3.38. The fraction of sp³-hybridized carbons (Fsp3) is 0.135. The van der Waals surface area contributed by atoms with Crippen molar-refractivity contribution >= 4 is 29.1 Å². The average molecular weight is 614 g/mol. The van der Waals surface area contributed by atoms with E-state index in [2.05, 4.69) is 10.1 Å². The summed E-state index contributed by atoms with van der Waals surface area (Å²) >= 11 is 1.08. The lowest BCUT2D eigenvalue weighted by atomic mass is 9.75. The molecule has 1 aliphatic rings. The molecule has 0 spiro atoms. The minimum Gasteiger partial charge on any atom is -0.490 e. The first-order chi connectivity index (χ1) is 22.2. The molecule has 224 valence electrons. The molecule has 0 radical (unpaired) electrons. The predicted octanol–water partition coefficient (Wildman–Crippen LogP) is 7.11. The van der Waals surface area contributed by atoms with Crippen LogP contribution in [0.5, 0.6) is 5.75 Å². The summed E-state index contributed by atoms with van der Waals surface area (Å²) < 4.78 is 5.78. The molecule has 6 rings (SSSR count). The van der Waals surface area contributed by atoms with E-state index in [1.165, 1.54) is 4.90 Å². The van der Waals surface area contributed by atoms with Crippen LogP contribution in [0.15, 0.2) is 145 Å². The largest absolute Gasteiger partial charge is 0.490 e. The van der Waals surface area contributed by atoms with Crippen LogP contribution in [-0.4, -0.2) is 45.7 Å². The lowest BCUT2D eigenvalue weighted by Crippen LogP contribution is -2.51. The summed E-state index contributed by atoms with van der Waals surface area (Å²) in [6, 6.07) is 42.5. The highest BCUT2D eigenvalue weighted by Crippen LogP contribution is 2.47. The minimum atomic E-state index is -1.12. The van der Waals surface area contributed by atoms with Crippen LogP contribution >= 0.6 is 11.8 Å². The number of thioether (sulfide) groups is 1. The highest BCUT2D eigenvalue weighted by atomic mass is 32.2. The van der Waals surface area contributed by atoms with Crippen molar-refractivity contribution in [3.8, 4) is 5.75 Å². The summed E-state index contributed by atoms with van der Waals surface area (Å²) in [4.78, 5) is 39.1. The van der Waals surface area contributed by atoms with E-state index in [0.717, 1.165) is 34.0 Å². The quantitative estimate of drug-likeness (QED) is 0.0646. The van der Waals surface area contributed by atoms with Crippen molar-refractivity contribution in [1.29, 1.82) is 0 Å². The molecule has 0 aliphatic carbocycles. The molecule has 8 heteroatoms. The number of hydrogen-bond acceptors (Lipinski definition) is 7. The van der Waals surface area contributed by atoms with E-state index in [1.807, 2.05) is 133 Å². The molecule has 1 saturated heterocycles. The standard InChI is InChI=1S/C37H31N3O4S/c41-35-34(26-28-19-21-33(22-20-28)43-24-25-44-39-27-32-18-10-11-23-38-32)45-36(42)40(35)37(29-12-4-1-5-13-29,30-14-6-2-7-15-30)31-16-8-3-9-17-31/h1-23,27,34H,24-26H2. The Labute approximate surface area is 266 Å². The van der Waals surface area contributed by atoms with Gasteiger partial charge in [0.2, 0.25) is 5.91 Å². The van der Waals surface area contributed by atoms with Crippen LogP contribution in [0.25, 0.3) is 0 Å². The molecular formula is C37H31N3O4S. The zero-order chi connectivity index (χ0) is 30.9. The van der Waals surface area contributed by atoms with Gasteiger partial charge in [0.25, 0.3) is 5.24 Å². The molecule has 7 nitrogen and oxygen atoms in total. The van der Waals surface area contributed by atoms with Gasteiger partial charge in [-0.1, -0.05) is 126 Å². The number of amides is 2. The SMILES string of the molecule is O=C1SC(Cc2ccc(OCCON=Cc3ccccn3)cc2)C(=O)N1C(c1ccccc1)(c1ccccc1)c1ccccc1. The molecule has 2 amide bonds. The number of ether oxygens (including phenoxy) is 1. The van der Waals surface area contributed by atoms with Crippen molar-refractivity contribution in [2.75, 3.05) is 13.2 Å². The van der Waals surface area contributed by atoms with Gasteiger partial charge < -0.3 is 9.57 Å². The first kappa shape index (κ1) is 29.8. The summed E-state index contributed by atoms with van der Waals surface area (Å²) in [5, 5.41) is 3.07. The Balaban J connectivity index is 1.18. The van der Waals surface area contributed by atoms with Crippen LogP contribution in [0.4, 0.5) is 4.79 Å². The molecule has 4 aromatic carbocycles. The Morgan fingerprint density at radius 3 is 1.87 bits per heavy atom. The number of hydrogen-bond donors (Lipinski definition) is 0. The number of carbonyl (C=O) groups excluding carboxylic acids is 2. The lowest BCUT2D eigenvalue weighted by Gasteiger charge is -2.42. The summed E-state index contributed by atoms with van der Waals surface area (Å²) in [5.74, 6) is 0.459. The van der Waals surface area contributed by atoms with Crippen LogP contribution in [0.2, 0.25) is 0 Å². The molecular weight excluding hydrogens is 582 g/mol. The van der Waals surface area contributed by atoms with E-state index < -0.39 is 10.8 Å². The molecule has 1 fully saturated rings. The Kier molecular flexibility index (Phi) is 9.32. The molecule has 5 aromatic rings. The number of oxime groups is 1. The van der Waals surface area contributed by atoms with E-state index in [4.69, 9.17) is 9.57 Å². The van der Waals surface area contributed by atoms with Gasteiger partial charge in [-0.15, -0.1) is 0 Å². The monoisotopic (exact) mass is 613 g/mol. The zero-order valence-corrected chi connectivity index (χ0v) is 25.3. The number of carbonyl (C=O) groups is 2. The maximum absolute atomic E-state index is 14.3. The normalized spacial score (nSPS) is 15.0. The maximum atomic E-state index is 14.3. The molecule has 0 N–H and O–H groups in total. The van der Waals surface area contributed by atoms with Crippen molar-refractivity contribution in [3.63, 3.8) is 0 Å². The van der Waals surface area contributed by atoms with Crippen LogP contribution in [0, 0.1) is 0 Å². The fourth-order valence-corrected chi connectivity index (χ4v) is 6.60. The predicted molar refractivity (Wildman–Crippen MR) is 176 cm³/mol. The second-order valence-corrected chi connectivity index (χ2v) is 11.5. The van der Waals surface area contributed by atoms with Crippen molar-refractivity contribution in [1.82, 2.24) is 9.88 Å². The van der Waals surface area contributed by atoms with Crippen molar-refractivity contribution in [3.05, 3.63) is 168 Å². The summed E-state index contributed by atoms with van der Waals surface area (Å²) in [6.45, 7) is 0.599. The van der Waals surface area contributed by atoms with Gasteiger partial charge in [0.1, 0.15) is 17.9 Å². The Bertz CT molecular complexity index is 1640. The van der Waals surface area contributed by atoms with Gasteiger partial charge in [-0.25, -0.2) is 0 Å². The number of imide groups is 1. The van der Waals surface area contributed by atoms with E-state index in [0.29, 0.717) is 24.5 Å². The Morgan fingerprint density at radius 1 is 0.733 bits per heavy atom. The molecule has 1 aromatic heterocycles. The number of pyridine rings is 1. The van der Waals surface area contributed by atoms with E-state index in [9.17, 15) is 9.59 Å². The third-order valence-corrected chi connectivity index (χ3v) is 8.60. The molecule has 1 unspecified atom stereocenters. The molecule has 2 heterocycles. The molecule has 0 saturated carbocycles. The number of rotatable bonds is 12. The van der Waals surface area contributed by atoms with Gasteiger partial charge in [-0.3, -0.25) is 19.5 Å². The van der Waals surface area contributed by atoms with Gasteiger partial charge in [0, 0.05) is 6.20 Å². The number of benzene rings is 4. The first-order valence-electron chi connectivity index (χ1n) is 14.7. The summed E-state index contributed by atoms with van der Waals surface area (Å²) in [5.41, 5.74) is 3.06. The van der Waals surface area contributed by atoms with Crippen molar-refractivity contribution in [2.24, 2.45) is 5.16 Å². The van der Waals surface area contributed by atoms with Gasteiger partial charge in [0.05, 0.1) is 17.2 Å². The van der Waals surface area contributed by atoms with Gasteiger partial charge >= 0.3 is 0 Å². The van der Waals surface area contributed by atoms with E-state index >= 15 is 0 Å². The van der Waals surface area contributed by atoms with E-state index in [1.54, 1.807) is 12.4 Å². The van der Waals surface area contributed by atoms with Gasteiger partial charge in [-0.05, 0) is 52.9 Å².